The molecule has 1 aliphatic carbocycles. The summed E-state index contributed by atoms with van der Waals surface area (Å²) in [6.45, 7) is 0. The first-order valence-corrected chi connectivity index (χ1v) is 3.93. The van der Waals surface area contributed by atoms with Crippen molar-refractivity contribution in [3.05, 3.63) is 0 Å². The zero-order valence-electron chi connectivity index (χ0n) is 7.11. The first-order chi connectivity index (χ1) is 6.00. The summed E-state index contributed by atoms with van der Waals surface area (Å²) in [5.41, 5.74) is 0. The average molecular weight is 194 g/mol. The number of rotatable bonds is 1. The molecule has 0 aromatic rings. The minimum Gasteiger partial charge on any atom is -0.387 e. The third-order valence-electron chi connectivity index (χ3n) is 2.35. The smallest absolute Gasteiger partial charge is 0.114 e. The molecule has 1 rings (SSSR count). The largest absolute Gasteiger partial charge is 0.387 e. The Labute approximate surface area is 75.0 Å². The van der Waals surface area contributed by atoms with Crippen LogP contribution in [0.5, 0.6) is 0 Å². The van der Waals surface area contributed by atoms with Gasteiger partial charge in [0.05, 0.1) is 0 Å². The van der Waals surface area contributed by atoms with E-state index in [1.165, 1.54) is 7.11 Å². The van der Waals surface area contributed by atoms with Crippen molar-refractivity contribution < 1.29 is 30.3 Å². The zero-order chi connectivity index (χ0) is 10.2. The van der Waals surface area contributed by atoms with Crippen LogP contribution in [0.15, 0.2) is 0 Å². The summed E-state index contributed by atoms with van der Waals surface area (Å²) in [6, 6.07) is 0. The van der Waals surface area contributed by atoms with E-state index in [-0.39, 0.29) is 0 Å². The van der Waals surface area contributed by atoms with Crippen LogP contribution >= 0.6 is 0 Å². The maximum Gasteiger partial charge on any atom is 0.114 e. The summed E-state index contributed by atoms with van der Waals surface area (Å²) in [4.78, 5) is 0. The van der Waals surface area contributed by atoms with Crippen molar-refractivity contribution in [2.24, 2.45) is 0 Å². The lowest BCUT2D eigenvalue weighted by Crippen LogP contribution is -2.64. The standard InChI is InChI=1S/C7H14O6/c1-13-7-5(11)3(9)2(8)4(10)6(7)12/h2-12H,1H3/t2?,3-,4+,5-,6?,7-/m1/s1. The van der Waals surface area contributed by atoms with Gasteiger partial charge in [0.2, 0.25) is 0 Å². The fraction of sp³-hybridized carbons (Fsp3) is 1.00. The van der Waals surface area contributed by atoms with Gasteiger partial charge < -0.3 is 30.3 Å². The molecule has 0 saturated heterocycles. The summed E-state index contributed by atoms with van der Waals surface area (Å²) in [5, 5.41) is 46.1. The van der Waals surface area contributed by atoms with E-state index in [0.717, 1.165) is 0 Å². The molecule has 0 aromatic heterocycles. The minimum atomic E-state index is -1.56. The van der Waals surface area contributed by atoms with Gasteiger partial charge in [0.25, 0.3) is 0 Å². The molecule has 6 nitrogen and oxygen atoms in total. The van der Waals surface area contributed by atoms with E-state index in [0.29, 0.717) is 0 Å². The molecule has 0 radical (unpaired) electrons. The Morgan fingerprint density at radius 1 is 0.692 bits per heavy atom. The highest BCUT2D eigenvalue weighted by molar-refractivity contribution is 4.99. The second kappa shape index (κ2) is 3.87. The summed E-state index contributed by atoms with van der Waals surface area (Å²) < 4.78 is 4.67. The van der Waals surface area contributed by atoms with E-state index in [1.54, 1.807) is 0 Å². The zero-order valence-corrected chi connectivity index (χ0v) is 7.11. The number of aliphatic hydroxyl groups excluding tert-OH is 5. The van der Waals surface area contributed by atoms with Gasteiger partial charge in [0.15, 0.2) is 0 Å². The van der Waals surface area contributed by atoms with Crippen LogP contribution in [-0.2, 0) is 4.74 Å². The van der Waals surface area contributed by atoms with Gasteiger partial charge >= 0.3 is 0 Å². The molecular formula is C7H14O6. The Morgan fingerprint density at radius 2 is 1.00 bits per heavy atom. The van der Waals surface area contributed by atoms with Crippen molar-refractivity contribution >= 4 is 0 Å². The number of methoxy groups -OCH3 is 1. The molecule has 5 N–H and O–H groups in total. The lowest BCUT2D eigenvalue weighted by Gasteiger charge is -2.40. The lowest BCUT2D eigenvalue weighted by atomic mass is 9.85. The predicted molar refractivity (Wildman–Crippen MR) is 40.8 cm³/mol. The van der Waals surface area contributed by atoms with E-state index in [2.05, 4.69) is 4.74 Å². The van der Waals surface area contributed by atoms with Gasteiger partial charge in [0, 0.05) is 7.11 Å². The summed E-state index contributed by atoms with van der Waals surface area (Å²) in [5.74, 6) is 0. The number of hydrogen-bond acceptors (Lipinski definition) is 6. The highest BCUT2D eigenvalue weighted by Gasteiger charge is 2.48. The third-order valence-corrected chi connectivity index (χ3v) is 2.35. The Hall–Kier alpha value is -0.240. The molecule has 0 aliphatic heterocycles. The van der Waals surface area contributed by atoms with Gasteiger partial charge in [-0.05, 0) is 0 Å². The fourth-order valence-corrected chi connectivity index (χ4v) is 1.48. The molecule has 13 heavy (non-hydrogen) atoms. The van der Waals surface area contributed by atoms with E-state index < -0.39 is 36.6 Å². The summed E-state index contributed by atoms with van der Waals surface area (Å²) in [7, 11) is 1.23. The first kappa shape index (κ1) is 10.8. The molecule has 6 atom stereocenters. The average Bonchev–Trinajstić information content (AvgIpc) is 2.13. The van der Waals surface area contributed by atoms with Gasteiger partial charge in [0.1, 0.15) is 36.6 Å². The molecule has 6 heteroatoms. The van der Waals surface area contributed by atoms with Crippen molar-refractivity contribution in [2.45, 2.75) is 36.6 Å². The molecule has 0 heterocycles. The van der Waals surface area contributed by atoms with Crippen LogP contribution in [0.25, 0.3) is 0 Å². The Morgan fingerprint density at radius 3 is 1.31 bits per heavy atom. The van der Waals surface area contributed by atoms with Crippen LogP contribution in [0.1, 0.15) is 0 Å². The van der Waals surface area contributed by atoms with Gasteiger partial charge in [-0.15, -0.1) is 0 Å². The normalized spacial score (nSPS) is 52.2. The van der Waals surface area contributed by atoms with Crippen LogP contribution in [-0.4, -0.2) is 69.3 Å². The monoisotopic (exact) mass is 194 g/mol. The van der Waals surface area contributed by atoms with Crippen LogP contribution in [0.4, 0.5) is 0 Å². The van der Waals surface area contributed by atoms with Crippen molar-refractivity contribution in [3.8, 4) is 0 Å². The molecule has 1 saturated carbocycles. The van der Waals surface area contributed by atoms with Crippen molar-refractivity contribution in [2.75, 3.05) is 7.11 Å². The maximum atomic E-state index is 9.29. The highest BCUT2D eigenvalue weighted by atomic mass is 16.5. The van der Waals surface area contributed by atoms with E-state index in [9.17, 15) is 20.4 Å². The maximum absolute atomic E-state index is 9.29. The summed E-state index contributed by atoms with van der Waals surface area (Å²) in [6.07, 6.45) is -8.48. The van der Waals surface area contributed by atoms with Crippen molar-refractivity contribution in [3.63, 3.8) is 0 Å². The third kappa shape index (κ3) is 1.69. The van der Waals surface area contributed by atoms with Crippen molar-refractivity contribution in [1.82, 2.24) is 0 Å². The SMILES string of the molecule is CO[C@H]1C(O)[C@@H](O)C(O)[C@@H](O)[C@H]1O. The van der Waals surface area contributed by atoms with Gasteiger partial charge in [-0.3, -0.25) is 0 Å². The number of aliphatic hydroxyl groups is 5. The number of ether oxygens (including phenoxy) is 1. The van der Waals surface area contributed by atoms with Gasteiger partial charge in [-0.2, -0.15) is 0 Å². The molecule has 78 valence electrons. The molecular weight excluding hydrogens is 180 g/mol. The Balaban J connectivity index is 2.79. The predicted octanol–water partition coefficient (Wildman–Crippen LogP) is -3.18. The van der Waals surface area contributed by atoms with Crippen LogP contribution in [0.2, 0.25) is 0 Å². The number of hydrogen-bond donors (Lipinski definition) is 5. The first-order valence-electron chi connectivity index (χ1n) is 3.93. The Bertz CT molecular complexity index is 158. The van der Waals surface area contributed by atoms with Crippen LogP contribution in [0, 0.1) is 0 Å². The molecule has 1 fully saturated rings. The van der Waals surface area contributed by atoms with E-state index in [4.69, 9.17) is 5.11 Å². The van der Waals surface area contributed by atoms with Gasteiger partial charge in [-0.25, -0.2) is 0 Å². The second-order valence-corrected chi connectivity index (χ2v) is 3.15. The minimum absolute atomic E-state index is 1.09. The fourth-order valence-electron chi connectivity index (χ4n) is 1.48. The van der Waals surface area contributed by atoms with Crippen LogP contribution in [0.3, 0.4) is 0 Å². The molecule has 2 unspecified atom stereocenters. The molecule has 0 amide bonds. The highest BCUT2D eigenvalue weighted by Crippen LogP contribution is 2.23. The molecule has 0 spiro atoms. The molecule has 1 aliphatic rings. The molecule has 0 bridgehead atoms. The van der Waals surface area contributed by atoms with E-state index >= 15 is 0 Å². The molecule has 0 aromatic carbocycles. The Kier molecular flexibility index (Phi) is 3.23. The summed E-state index contributed by atoms with van der Waals surface area (Å²) >= 11 is 0. The van der Waals surface area contributed by atoms with Crippen LogP contribution < -0.4 is 0 Å². The quantitative estimate of drug-likeness (QED) is 0.301. The van der Waals surface area contributed by atoms with Crippen molar-refractivity contribution in [1.29, 1.82) is 0 Å². The second-order valence-electron chi connectivity index (χ2n) is 3.15. The van der Waals surface area contributed by atoms with Gasteiger partial charge in [-0.1, -0.05) is 0 Å². The lowest BCUT2D eigenvalue weighted by molar-refractivity contribution is -0.229. The van der Waals surface area contributed by atoms with E-state index in [1.807, 2.05) is 0 Å². The topological polar surface area (TPSA) is 110 Å².